The molecule has 8 nitrogen and oxygen atoms in total. The molecule has 230 valence electrons. The first-order valence-electron chi connectivity index (χ1n) is 13.9. The summed E-state index contributed by atoms with van der Waals surface area (Å²) in [6.45, 7) is 1.95. The van der Waals surface area contributed by atoms with E-state index in [1.807, 2.05) is 67.5 Å². The Hall–Kier alpha value is -5.58. The number of nitrogens with zero attached hydrogens (tertiary/aromatic N) is 2. The molecule has 0 aliphatic heterocycles. The highest BCUT2D eigenvalue weighted by Gasteiger charge is 2.31. The van der Waals surface area contributed by atoms with Gasteiger partial charge in [0.05, 0.1) is 23.9 Å². The molecular formula is C34H29F3N4O4. The van der Waals surface area contributed by atoms with Crippen molar-refractivity contribution in [3.8, 4) is 22.6 Å². The van der Waals surface area contributed by atoms with Gasteiger partial charge in [-0.3, -0.25) is 4.79 Å². The number of hydrogen-bond donors (Lipinski definition) is 2. The molecule has 5 rings (SSSR count). The zero-order chi connectivity index (χ0) is 32.1. The quantitative estimate of drug-likeness (QED) is 0.0786. The lowest BCUT2D eigenvalue weighted by Gasteiger charge is -2.12. The molecular weight excluding hydrogens is 585 g/mol. The van der Waals surface area contributed by atoms with Crippen molar-refractivity contribution >= 4 is 34.7 Å². The highest BCUT2D eigenvalue weighted by Crippen LogP contribution is 2.35. The molecule has 0 unspecified atom stereocenters. The Labute approximate surface area is 257 Å². The summed E-state index contributed by atoms with van der Waals surface area (Å²) in [5.41, 5.74) is 5.59. The number of benzene rings is 4. The third kappa shape index (κ3) is 6.98. The van der Waals surface area contributed by atoms with Gasteiger partial charge < -0.3 is 19.4 Å². The molecule has 0 saturated heterocycles. The maximum atomic E-state index is 13.4. The number of aromatic nitrogens is 1. The average molecular weight is 615 g/mol. The molecule has 0 bridgehead atoms. The normalized spacial score (nSPS) is 11.5. The number of halogens is 3. The zero-order valence-electron chi connectivity index (χ0n) is 24.6. The molecule has 1 aromatic heterocycles. The lowest BCUT2D eigenvalue weighted by atomic mass is 10.0. The van der Waals surface area contributed by atoms with E-state index in [0.29, 0.717) is 11.3 Å². The molecule has 0 spiro atoms. The van der Waals surface area contributed by atoms with Gasteiger partial charge in [-0.25, -0.2) is 10.2 Å². The Morgan fingerprint density at radius 3 is 2.42 bits per heavy atom. The Bertz CT molecular complexity index is 1880. The van der Waals surface area contributed by atoms with Crippen LogP contribution in [0.25, 0.3) is 22.0 Å². The van der Waals surface area contributed by atoms with Crippen molar-refractivity contribution in [2.75, 3.05) is 25.6 Å². The minimum absolute atomic E-state index is 0.0168. The van der Waals surface area contributed by atoms with Crippen molar-refractivity contribution in [2.24, 2.45) is 5.10 Å². The van der Waals surface area contributed by atoms with Crippen LogP contribution in [0.2, 0.25) is 0 Å². The molecule has 0 atom stereocenters. The molecule has 11 heteroatoms. The number of nitrogens with one attached hydrogen (secondary N) is 2. The largest absolute Gasteiger partial charge is 0.490 e. The van der Waals surface area contributed by atoms with E-state index in [4.69, 9.17) is 9.47 Å². The number of ether oxygens (including phenoxy) is 2. The summed E-state index contributed by atoms with van der Waals surface area (Å²) in [6.07, 6.45) is -3.20. The number of hydrazone groups is 1. The lowest BCUT2D eigenvalue weighted by molar-refractivity contribution is -0.137. The van der Waals surface area contributed by atoms with Gasteiger partial charge in [-0.05, 0) is 72.6 Å². The second-order valence-electron chi connectivity index (χ2n) is 10.2. The van der Waals surface area contributed by atoms with Crippen LogP contribution in [0.15, 0.2) is 96.1 Å². The van der Waals surface area contributed by atoms with Gasteiger partial charge in [0.2, 0.25) is 0 Å². The van der Waals surface area contributed by atoms with Crippen LogP contribution >= 0.6 is 0 Å². The molecule has 0 aliphatic rings. The van der Waals surface area contributed by atoms with Crippen molar-refractivity contribution in [1.82, 2.24) is 10.4 Å². The summed E-state index contributed by atoms with van der Waals surface area (Å²) in [5, 5.41) is 5.01. The monoisotopic (exact) mass is 614 g/mol. The van der Waals surface area contributed by atoms with E-state index in [1.165, 1.54) is 24.4 Å². The third-order valence-corrected chi connectivity index (χ3v) is 6.86. The van der Waals surface area contributed by atoms with Gasteiger partial charge in [0, 0.05) is 36.2 Å². The SMILES string of the molecule is CCOc1cc(C=NNC(=O)c2[nH]c3ccc(N(C)C)cc3c2-c2ccccc2)ccc1OC(=O)c1cccc(C(F)(F)F)c1. The van der Waals surface area contributed by atoms with Crippen LogP contribution in [0.5, 0.6) is 11.5 Å². The summed E-state index contributed by atoms with van der Waals surface area (Å²) < 4.78 is 50.2. The summed E-state index contributed by atoms with van der Waals surface area (Å²) in [7, 11) is 3.89. The van der Waals surface area contributed by atoms with Crippen LogP contribution in [-0.4, -0.2) is 43.8 Å². The second kappa shape index (κ2) is 13.0. The Morgan fingerprint density at radius 2 is 1.71 bits per heavy atom. The van der Waals surface area contributed by atoms with E-state index in [-0.39, 0.29) is 23.7 Å². The zero-order valence-corrected chi connectivity index (χ0v) is 24.6. The minimum Gasteiger partial charge on any atom is -0.490 e. The summed E-state index contributed by atoms with van der Waals surface area (Å²) in [6, 6.07) is 24.0. The van der Waals surface area contributed by atoms with Gasteiger partial charge in [0.25, 0.3) is 5.91 Å². The number of esters is 1. The first kappa shape index (κ1) is 30.9. The highest BCUT2D eigenvalue weighted by molar-refractivity contribution is 6.10. The fraction of sp³-hybridized carbons (Fsp3) is 0.147. The number of anilines is 1. The number of amides is 1. The van der Waals surface area contributed by atoms with Crippen LogP contribution < -0.4 is 19.8 Å². The molecule has 0 saturated carbocycles. The average Bonchev–Trinajstić information content (AvgIpc) is 3.41. The van der Waals surface area contributed by atoms with Crippen LogP contribution in [0.1, 0.15) is 38.9 Å². The molecule has 0 aliphatic carbocycles. The number of carbonyl (C=O) groups excluding carboxylic acids is 2. The Morgan fingerprint density at radius 1 is 0.933 bits per heavy atom. The summed E-state index contributed by atoms with van der Waals surface area (Å²) in [4.78, 5) is 31.2. The molecule has 1 heterocycles. The topological polar surface area (TPSA) is 96.0 Å². The van der Waals surface area contributed by atoms with Crippen LogP contribution in [0.3, 0.4) is 0 Å². The second-order valence-corrected chi connectivity index (χ2v) is 10.2. The first-order valence-corrected chi connectivity index (χ1v) is 13.9. The first-order chi connectivity index (χ1) is 21.5. The number of hydrogen-bond acceptors (Lipinski definition) is 6. The number of H-pyrrole nitrogens is 1. The molecule has 2 N–H and O–H groups in total. The summed E-state index contributed by atoms with van der Waals surface area (Å²) >= 11 is 0. The van der Waals surface area contributed by atoms with Gasteiger partial charge in [0.15, 0.2) is 11.5 Å². The number of alkyl halides is 3. The fourth-order valence-electron chi connectivity index (χ4n) is 4.69. The van der Waals surface area contributed by atoms with E-state index in [1.54, 1.807) is 13.0 Å². The lowest BCUT2D eigenvalue weighted by Crippen LogP contribution is -2.18. The van der Waals surface area contributed by atoms with Crippen LogP contribution in [0.4, 0.5) is 18.9 Å². The summed E-state index contributed by atoms with van der Waals surface area (Å²) in [5.74, 6) is -1.24. The predicted molar refractivity (Wildman–Crippen MR) is 167 cm³/mol. The van der Waals surface area contributed by atoms with E-state index in [0.717, 1.165) is 45.9 Å². The predicted octanol–water partition coefficient (Wildman–Crippen LogP) is 7.30. The van der Waals surface area contributed by atoms with Crippen molar-refractivity contribution in [2.45, 2.75) is 13.1 Å². The third-order valence-electron chi connectivity index (χ3n) is 6.86. The molecule has 45 heavy (non-hydrogen) atoms. The van der Waals surface area contributed by atoms with Gasteiger partial charge in [-0.15, -0.1) is 0 Å². The van der Waals surface area contributed by atoms with Gasteiger partial charge >= 0.3 is 12.1 Å². The molecule has 1 amide bonds. The maximum Gasteiger partial charge on any atom is 0.416 e. The van der Waals surface area contributed by atoms with Crippen molar-refractivity contribution < 1.29 is 32.2 Å². The standard InChI is InChI=1S/C34H29F3N4O4/c1-4-44-29-17-21(13-16-28(29)45-33(43)23-11-8-12-24(18-23)34(35,36)37)20-38-40-32(42)31-30(22-9-6-5-7-10-22)26-19-25(41(2)3)14-15-27(26)39-31/h5-20,39H,4H2,1-3H3,(H,40,42). The number of aromatic amines is 1. The molecule has 0 fully saturated rings. The van der Waals surface area contributed by atoms with Gasteiger partial charge in [-0.2, -0.15) is 18.3 Å². The molecule has 4 aromatic carbocycles. The van der Waals surface area contributed by atoms with Gasteiger partial charge in [0.1, 0.15) is 5.69 Å². The van der Waals surface area contributed by atoms with E-state index >= 15 is 0 Å². The number of rotatable bonds is 9. The number of carbonyl (C=O) groups is 2. The number of fused-ring (bicyclic) bond motifs is 1. The van der Waals surface area contributed by atoms with Gasteiger partial charge in [-0.1, -0.05) is 36.4 Å². The maximum absolute atomic E-state index is 13.4. The van der Waals surface area contributed by atoms with Crippen molar-refractivity contribution in [3.63, 3.8) is 0 Å². The van der Waals surface area contributed by atoms with Crippen molar-refractivity contribution in [1.29, 1.82) is 0 Å². The van der Waals surface area contributed by atoms with E-state index in [2.05, 4.69) is 15.5 Å². The fourth-order valence-corrected chi connectivity index (χ4v) is 4.69. The Kier molecular flexibility index (Phi) is 8.89. The van der Waals surface area contributed by atoms with Crippen LogP contribution in [0, 0.1) is 0 Å². The molecule has 0 radical (unpaired) electrons. The smallest absolute Gasteiger partial charge is 0.416 e. The highest BCUT2D eigenvalue weighted by atomic mass is 19.4. The van der Waals surface area contributed by atoms with Crippen molar-refractivity contribution in [3.05, 3.63) is 113 Å². The molecule has 5 aromatic rings. The minimum atomic E-state index is -4.60. The van der Waals surface area contributed by atoms with E-state index < -0.39 is 23.6 Å². The van der Waals surface area contributed by atoms with Crippen LogP contribution in [-0.2, 0) is 6.18 Å². The Balaban J connectivity index is 1.36. The van der Waals surface area contributed by atoms with E-state index in [9.17, 15) is 22.8 Å².